The fourth-order valence-electron chi connectivity index (χ4n) is 5.16. The highest BCUT2D eigenvalue weighted by Crippen LogP contribution is 2.34. The van der Waals surface area contributed by atoms with Gasteiger partial charge in [0.2, 0.25) is 10.0 Å². The van der Waals surface area contributed by atoms with E-state index in [2.05, 4.69) is 21.3 Å². The first-order chi connectivity index (χ1) is 17.6. The number of carbonyl (C=O) groups is 1. The molecule has 5 rings (SSSR count). The number of likely N-dealkylation sites (tertiary alicyclic amines) is 1. The average Bonchev–Trinajstić information content (AvgIpc) is 3.51. The number of halogens is 1. The number of aryl methyl sites for hydroxylation is 1. The summed E-state index contributed by atoms with van der Waals surface area (Å²) in [7, 11) is -3.58. The minimum absolute atomic E-state index is 0.205. The van der Waals surface area contributed by atoms with E-state index in [4.69, 9.17) is 21.7 Å². The normalized spacial score (nSPS) is 20.4. The summed E-state index contributed by atoms with van der Waals surface area (Å²) >= 11 is 6.20. The third-order valence-corrected chi connectivity index (χ3v) is 7.80. The van der Waals surface area contributed by atoms with Crippen LogP contribution >= 0.6 is 11.6 Å². The number of hydrogen-bond acceptors (Lipinski definition) is 7. The first-order valence-corrected chi connectivity index (χ1v) is 14.6. The standard InChI is InChI=1S/C25H30ClN7O3S/c1-16-12-23(31-11-9-18(14-31)27-2)29-33-15-21(28-24(16)33)22-6-4-5-10-32(22)25(34)19-13-17(26)7-8-20(19)30-37(3,35)36/h7-8,12-13,15,18,22,30H,2,4-6,9-11,14H2,1,3H3/t18-,22-/m0/s1. The molecule has 2 aliphatic rings. The maximum absolute atomic E-state index is 13.8. The summed E-state index contributed by atoms with van der Waals surface area (Å²) < 4.78 is 28.1. The van der Waals surface area contributed by atoms with Gasteiger partial charge in [0.15, 0.2) is 5.65 Å². The summed E-state index contributed by atoms with van der Waals surface area (Å²) in [5.41, 5.74) is 2.92. The van der Waals surface area contributed by atoms with Gasteiger partial charge in [0.1, 0.15) is 5.82 Å². The van der Waals surface area contributed by atoms with E-state index in [-0.39, 0.29) is 29.2 Å². The Morgan fingerprint density at radius 2 is 2.03 bits per heavy atom. The molecule has 2 fully saturated rings. The number of anilines is 2. The molecule has 0 bridgehead atoms. The smallest absolute Gasteiger partial charge is 0.256 e. The zero-order valence-corrected chi connectivity index (χ0v) is 22.5. The quantitative estimate of drug-likeness (QED) is 0.474. The number of aromatic nitrogens is 3. The van der Waals surface area contributed by atoms with Gasteiger partial charge in [-0.25, -0.2) is 17.9 Å². The molecule has 0 unspecified atom stereocenters. The predicted molar refractivity (Wildman–Crippen MR) is 145 cm³/mol. The summed E-state index contributed by atoms with van der Waals surface area (Å²) in [4.78, 5) is 26.8. The molecule has 2 aromatic heterocycles. The third kappa shape index (κ3) is 5.28. The van der Waals surface area contributed by atoms with Gasteiger partial charge in [0, 0.05) is 24.7 Å². The Labute approximate surface area is 221 Å². The Kier molecular flexibility index (Phi) is 6.84. The summed E-state index contributed by atoms with van der Waals surface area (Å²) in [6, 6.07) is 6.56. The number of sulfonamides is 1. The highest BCUT2D eigenvalue weighted by molar-refractivity contribution is 7.92. The number of nitrogens with zero attached hydrogens (tertiary/aromatic N) is 6. The van der Waals surface area contributed by atoms with E-state index in [1.807, 2.05) is 19.2 Å². The van der Waals surface area contributed by atoms with Crippen LogP contribution in [0.25, 0.3) is 5.65 Å². The van der Waals surface area contributed by atoms with Crippen molar-refractivity contribution in [1.29, 1.82) is 0 Å². The SMILES string of the molecule is C=N[C@H]1CCN(c2cc(C)c3nc([C@@H]4CCCCN4C(=O)c4cc(Cl)ccc4NS(C)(=O)=O)cn3n2)C1. The lowest BCUT2D eigenvalue weighted by Crippen LogP contribution is -2.39. The fourth-order valence-corrected chi connectivity index (χ4v) is 5.91. The molecule has 4 heterocycles. The van der Waals surface area contributed by atoms with E-state index in [0.717, 1.165) is 67.8 Å². The van der Waals surface area contributed by atoms with E-state index in [9.17, 15) is 13.2 Å². The van der Waals surface area contributed by atoms with Crippen LogP contribution in [0.1, 0.15) is 53.3 Å². The Bertz CT molecular complexity index is 1470. The lowest BCUT2D eigenvalue weighted by Gasteiger charge is -2.35. The minimum Gasteiger partial charge on any atom is -0.353 e. The molecule has 10 nitrogen and oxygen atoms in total. The number of nitrogens with one attached hydrogen (secondary N) is 1. The summed E-state index contributed by atoms with van der Waals surface area (Å²) in [6.45, 7) is 7.88. The Morgan fingerprint density at radius 3 is 2.76 bits per heavy atom. The van der Waals surface area contributed by atoms with Crippen molar-refractivity contribution in [2.24, 2.45) is 4.99 Å². The van der Waals surface area contributed by atoms with Gasteiger partial charge in [-0.3, -0.25) is 14.5 Å². The maximum atomic E-state index is 13.8. The summed E-state index contributed by atoms with van der Waals surface area (Å²) in [5.74, 6) is 0.577. The second-order valence-corrected chi connectivity index (χ2v) is 11.9. The van der Waals surface area contributed by atoms with Crippen LogP contribution in [0.4, 0.5) is 11.5 Å². The molecule has 37 heavy (non-hydrogen) atoms. The van der Waals surface area contributed by atoms with Crippen LogP contribution in [-0.4, -0.2) is 72.5 Å². The van der Waals surface area contributed by atoms with Gasteiger partial charge >= 0.3 is 0 Å². The zero-order chi connectivity index (χ0) is 26.3. The molecule has 0 spiro atoms. The van der Waals surface area contributed by atoms with E-state index >= 15 is 0 Å². The van der Waals surface area contributed by atoms with Crippen molar-refractivity contribution < 1.29 is 13.2 Å². The molecular formula is C25H30ClN7O3S. The molecule has 2 atom stereocenters. The van der Waals surface area contributed by atoms with Gasteiger partial charge in [0.05, 0.1) is 41.5 Å². The number of imidazole rings is 1. The molecule has 2 aliphatic heterocycles. The first-order valence-electron chi connectivity index (χ1n) is 12.3. The van der Waals surface area contributed by atoms with Crippen LogP contribution in [0.3, 0.4) is 0 Å². The van der Waals surface area contributed by atoms with E-state index < -0.39 is 10.0 Å². The van der Waals surface area contributed by atoms with Gasteiger partial charge in [-0.15, -0.1) is 5.10 Å². The third-order valence-electron chi connectivity index (χ3n) is 6.97. The van der Waals surface area contributed by atoms with Crippen molar-refractivity contribution in [3.05, 3.63) is 52.3 Å². The van der Waals surface area contributed by atoms with Gasteiger partial charge in [-0.2, -0.15) is 0 Å². The number of benzene rings is 1. The van der Waals surface area contributed by atoms with Crippen LogP contribution < -0.4 is 9.62 Å². The second kappa shape index (κ2) is 9.94. The molecule has 12 heteroatoms. The van der Waals surface area contributed by atoms with E-state index in [0.29, 0.717) is 11.6 Å². The highest BCUT2D eigenvalue weighted by Gasteiger charge is 2.32. The maximum Gasteiger partial charge on any atom is 0.256 e. The lowest BCUT2D eigenvalue weighted by molar-refractivity contribution is 0.0608. The Morgan fingerprint density at radius 1 is 1.22 bits per heavy atom. The van der Waals surface area contributed by atoms with Crippen LogP contribution in [-0.2, 0) is 10.0 Å². The average molecular weight is 544 g/mol. The van der Waals surface area contributed by atoms with Crippen molar-refractivity contribution in [2.75, 3.05) is 35.5 Å². The minimum atomic E-state index is -3.58. The van der Waals surface area contributed by atoms with Crippen molar-refractivity contribution in [3.8, 4) is 0 Å². The molecule has 1 aromatic carbocycles. The lowest BCUT2D eigenvalue weighted by atomic mass is 9.98. The van der Waals surface area contributed by atoms with Crippen molar-refractivity contribution in [3.63, 3.8) is 0 Å². The van der Waals surface area contributed by atoms with Crippen LogP contribution in [0, 0.1) is 6.92 Å². The number of piperidine rings is 1. The Balaban J connectivity index is 1.48. The largest absolute Gasteiger partial charge is 0.353 e. The number of aliphatic imine (C=N–C) groups is 1. The number of hydrogen-bond donors (Lipinski definition) is 1. The molecule has 0 radical (unpaired) electrons. The number of carbonyl (C=O) groups excluding carboxylic acids is 1. The molecule has 196 valence electrons. The van der Waals surface area contributed by atoms with Crippen LogP contribution in [0.2, 0.25) is 5.02 Å². The van der Waals surface area contributed by atoms with Gasteiger partial charge in [0.25, 0.3) is 5.91 Å². The van der Waals surface area contributed by atoms with E-state index in [1.165, 1.54) is 12.1 Å². The van der Waals surface area contributed by atoms with E-state index in [1.54, 1.807) is 15.5 Å². The predicted octanol–water partition coefficient (Wildman–Crippen LogP) is 3.71. The second-order valence-electron chi connectivity index (χ2n) is 9.76. The van der Waals surface area contributed by atoms with Crippen molar-refractivity contribution in [1.82, 2.24) is 19.5 Å². The van der Waals surface area contributed by atoms with Crippen molar-refractivity contribution >= 4 is 51.4 Å². The van der Waals surface area contributed by atoms with Crippen LogP contribution in [0.5, 0.6) is 0 Å². The van der Waals surface area contributed by atoms with Gasteiger partial charge < -0.3 is 9.80 Å². The topological polar surface area (TPSA) is 112 Å². The summed E-state index contributed by atoms with van der Waals surface area (Å²) in [6.07, 6.45) is 6.45. The molecule has 0 aliphatic carbocycles. The number of fused-ring (bicyclic) bond motifs is 1. The first kappa shape index (κ1) is 25.5. The summed E-state index contributed by atoms with van der Waals surface area (Å²) in [5, 5.41) is 5.17. The fraction of sp³-hybridized carbons (Fsp3) is 0.440. The number of amides is 1. The molecule has 2 saturated heterocycles. The van der Waals surface area contributed by atoms with Crippen LogP contribution in [0.15, 0.2) is 35.5 Å². The monoisotopic (exact) mass is 543 g/mol. The Hall–Kier alpha value is -3.18. The molecule has 0 saturated carbocycles. The highest BCUT2D eigenvalue weighted by atomic mass is 35.5. The number of rotatable bonds is 6. The zero-order valence-electron chi connectivity index (χ0n) is 20.9. The molecular weight excluding hydrogens is 514 g/mol. The molecule has 1 N–H and O–H groups in total. The van der Waals surface area contributed by atoms with Crippen molar-refractivity contribution in [2.45, 2.75) is 44.7 Å². The van der Waals surface area contributed by atoms with Gasteiger partial charge in [-0.1, -0.05) is 11.6 Å². The van der Waals surface area contributed by atoms with Gasteiger partial charge in [-0.05, 0) is 69.2 Å². The molecule has 3 aromatic rings. The molecule has 1 amide bonds.